The van der Waals surface area contributed by atoms with Gasteiger partial charge in [0.05, 0.1) is 18.6 Å². The second kappa shape index (κ2) is 7.69. The Morgan fingerprint density at radius 1 is 1.38 bits per heavy atom. The molecule has 2 heterocycles. The summed E-state index contributed by atoms with van der Waals surface area (Å²) in [5.74, 6) is -0.0897. The van der Waals surface area contributed by atoms with Crippen LogP contribution in [0.5, 0.6) is 5.75 Å². The first-order chi connectivity index (χ1) is 12.5. The van der Waals surface area contributed by atoms with Crippen LogP contribution in [-0.4, -0.2) is 72.4 Å². The maximum Gasteiger partial charge on any atom is 0.311 e. The van der Waals surface area contributed by atoms with Gasteiger partial charge in [-0.05, 0) is 25.0 Å². The monoisotopic (exact) mass is 362 g/mol. The van der Waals surface area contributed by atoms with Crippen molar-refractivity contribution in [1.82, 2.24) is 15.1 Å². The van der Waals surface area contributed by atoms with Gasteiger partial charge in [-0.25, -0.2) is 0 Å². The Morgan fingerprint density at radius 3 is 2.88 bits per heavy atom. The van der Waals surface area contributed by atoms with E-state index in [9.17, 15) is 19.7 Å². The number of nitro groups is 1. The Bertz CT molecular complexity index is 723. The highest BCUT2D eigenvalue weighted by Crippen LogP contribution is 2.28. The zero-order valence-electron chi connectivity index (χ0n) is 14.6. The lowest BCUT2D eigenvalue weighted by molar-refractivity contribution is -0.385. The second-order valence-corrected chi connectivity index (χ2v) is 6.45. The normalized spacial score (nSPS) is 20.8. The molecule has 0 radical (unpaired) electrons. The van der Waals surface area contributed by atoms with E-state index in [0.717, 1.165) is 19.4 Å². The summed E-state index contributed by atoms with van der Waals surface area (Å²) < 4.78 is 4.98. The van der Waals surface area contributed by atoms with Gasteiger partial charge in [0.15, 0.2) is 5.75 Å². The van der Waals surface area contributed by atoms with Gasteiger partial charge >= 0.3 is 5.69 Å². The highest BCUT2D eigenvalue weighted by molar-refractivity contribution is 5.95. The molecule has 2 saturated heterocycles. The summed E-state index contributed by atoms with van der Waals surface area (Å²) in [6.45, 7) is 2.75. The molecule has 2 fully saturated rings. The number of ether oxygens (including phenoxy) is 1. The number of carbonyl (C=O) groups is 2. The number of carbonyl (C=O) groups excluding carboxylic acids is 2. The molecule has 2 aliphatic heterocycles. The molecule has 3 rings (SSSR count). The number of amides is 2. The molecule has 0 saturated carbocycles. The first-order valence-corrected chi connectivity index (χ1v) is 8.63. The topological polar surface area (TPSA) is 105 Å². The average Bonchev–Trinajstić information content (AvgIpc) is 2.67. The van der Waals surface area contributed by atoms with E-state index in [2.05, 4.69) is 5.32 Å². The van der Waals surface area contributed by atoms with Crippen molar-refractivity contribution in [2.75, 3.05) is 39.8 Å². The number of hydrogen-bond donors (Lipinski definition) is 1. The summed E-state index contributed by atoms with van der Waals surface area (Å²) in [5, 5.41) is 14.2. The van der Waals surface area contributed by atoms with Crippen LogP contribution in [0, 0.1) is 10.1 Å². The van der Waals surface area contributed by atoms with Crippen molar-refractivity contribution in [3.63, 3.8) is 0 Å². The van der Waals surface area contributed by atoms with Crippen molar-refractivity contribution in [2.24, 2.45) is 0 Å². The number of nitrogens with one attached hydrogen (secondary N) is 1. The van der Waals surface area contributed by atoms with Gasteiger partial charge in [0.2, 0.25) is 5.91 Å². The van der Waals surface area contributed by atoms with E-state index in [1.165, 1.54) is 25.3 Å². The number of likely N-dealkylation sites (tertiary alicyclic amines) is 1. The fourth-order valence-electron chi connectivity index (χ4n) is 3.55. The predicted octanol–water partition coefficient (Wildman–Crippen LogP) is 0.640. The fraction of sp³-hybridized carbons (Fsp3) is 0.529. The molecule has 140 valence electrons. The van der Waals surface area contributed by atoms with Gasteiger partial charge in [-0.15, -0.1) is 0 Å². The lowest BCUT2D eigenvalue weighted by Crippen LogP contribution is -2.57. The maximum absolute atomic E-state index is 12.8. The zero-order chi connectivity index (χ0) is 18.7. The largest absolute Gasteiger partial charge is 0.490 e. The van der Waals surface area contributed by atoms with Crippen LogP contribution in [0.25, 0.3) is 0 Å². The van der Waals surface area contributed by atoms with Crippen LogP contribution in [0.2, 0.25) is 0 Å². The molecule has 2 amide bonds. The number of methoxy groups -OCH3 is 1. The number of nitro benzene ring substituents is 1. The standard InChI is InChI=1S/C17H22N4O5/c1-26-15-5-4-12(9-14(15)21(24)25)17(23)19-7-2-3-13(11-19)20-8-6-18-10-16(20)22/h4-5,9,13,18H,2-3,6-8,10-11H2,1H3. The Balaban J connectivity index is 1.76. The van der Waals surface area contributed by atoms with Crippen molar-refractivity contribution in [1.29, 1.82) is 0 Å². The van der Waals surface area contributed by atoms with E-state index in [1.807, 2.05) is 4.90 Å². The van der Waals surface area contributed by atoms with E-state index in [4.69, 9.17) is 4.74 Å². The lowest BCUT2D eigenvalue weighted by atomic mass is 10.0. The molecule has 2 aliphatic rings. The first-order valence-electron chi connectivity index (χ1n) is 8.63. The summed E-state index contributed by atoms with van der Waals surface area (Å²) in [7, 11) is 1.35. The van der Waals surface area contributed by atoms with Gasteiger partial charge in [-0.1, -0.05) is 0 Å². The van der Waals surface area contributed by atoms with E-state index in [0.29, 0.717) is 26.2 Å². The van der Waals surface area contributed by atoms with Crippen LogP contribution in [0.1, 0.15) is 23.2 Å². The van der Waals surface area contributed by atoms with Gasteiger partial charge in [0, 0.05) is 43.9 Å². The molecule has 0 bridgehead atoms. The number of piperazine rings is 1. The van der Waals surface area contributed by atoms with Gasteiger partial charge in [-0.2, -0.15) is 0 Å². The van der Waals surface area contributed by atoms with E-state index in [1.54, 1.807) is 4.90 Å². The summed E-state index contributed by atoms with van der Waals surface area (Å²) in [6.07, 6.45) is 1.66. The predicted molar refractivity (Wildman–Crippen MR) is 93.2 cm³/mol. The van der Waals surface area contributed by atoms with E-state index < -0.39 is 4.92 Å². The molecule has 1 atom stereocenters. The van der Waals surface area contributed by atoms with Crippen LogP contribution in [-0.2, 0) is 4.79 Å². The minimum atomic E-state index is -0.561. The molecule has 1 N–H and O–H groups in total. The summed E-state index contributed by atoms with van der Waals surface area (Å²) in [6, 6.07) is 4.22. The van der Waals surface area contributed by atoms with Gasteiger partial charge in [-0.3, -0.25) is 19.7 Å². The van der Waals surface area contributed by atoms with Gasteiger partial charge in [0.25, 0.3) is 5.91 Å². The summed E-state index contributed by atoms with van der Waals surface area (Å²) >= 11 is 0. The average molecular weight is 362 g/mol. The molecule has 9 nitrogen and oxygen atoms in total. The molecule has 1 aromatic carbocycles. The Labute approximate surface area is 151 Å². The number of hydrogen-bond acceptors (Lipinski definition) is 6. The lowest BCUT2D eigenvalue weighted by Gasteiger charge is -2.41. The van der Waals surface area contributed by atoms with Gasteiger partial charge < -0.3 is 19.9 Å². The van der Waals surface area contributed by atoms with Crippen molar-refractivity contribution >= 4 is 17.5 Å². The third-order valence-electron chi connectivity index (χ3n) is 4.87. The minimum Gasteiger partial charge on any atom is -0.490 e. The molecule has 0 aliphatic carbocycles. The van der Waals surface area contributed by atoms with E-state index in [-0.39, 0.29) is 34.9 Å². The molecule has 26 heavy (non-hydrogen) atoms. The highest BCUT2D eigenvalue weighted by Gasteiger charge is 2.32. The number of rotatable bonds is 4. The van der Waals surface area contributed by atoms with Crippen LogP contribution in [0.15, 0.2) is 18.2 Å². The zero-order valence-corrected chi connectivity index (χ0v) is 14.6. The van der Waals surface area contributed by atoms with Crippen LogP contribution in [0.4, 0.5) is 5.69 Å². The first kappa shape index (κ1) is 18.1. The summed E-state index contributed by atoms with van der Waals surface area (Å²) in [5.41, 5.74) is 0.0222. The number of benzene rings is 1. The molecule has 0 aromatic heterocycles. The third kappa shape index (κ3) is 3.62. The van der Waals surface area contributed by atoms with Crippen molar-refractivity contribution in [2.45, 2.75) is 18.9 Å². The summed E-state index contributed by atoms with van der Waals surface area (Å²) in [4.78, 5) is 39.1. The van der Waals surface area contributed by atoms with Crippen molar-refractivity contribution < 1.29 is 19.2 Å². The molecule has 1 aromatic rings. The highest BCUT2D eigenvalue weighted by atomic mass is 16.6. The third-order valence-corrected chi connectivity index (χ3v) is 4.87. The molecule has 1 unspecified atom stereocenters. The number of nitrogens with zero attached hydrogens (tertiary/aromatic N) is 3. The number of piperidine rings is 1. The fourth-order valence-corrected chi connectivity index (χ4v) is 3.55. The maximum atomic E-state index is 12.8. The minimum absolute atomic E-state index is 0.00414. The molecule has 0 spiro atoms. The Morgan fingerprint density at radius 2 is 2.19 bits per heavy atom. The Kier molecular flexibility index (Phi) is 5.36. The SMILES string of the molecule is COc1ccc(C(=O)N2CCCC(N3CCNCC3=O)C2)cc1[N+](=O)[O-]. The molecular weight excluding hydrogens is 340 g/mol. The quantitative estimate of drug-likeness (QED) is 0.622. The smallest absolute Gasteiger partial charge is 0.311 e. The van der Waals surface area contributed by atoms with Crippen LogP contribution >= 0.6 is 0 Å². The second-order valence-electron chi connectivity index (χ2n) is 6.45. The molecular formula is C17H22N4O5. The Hall–Kier alpha value is -2.68. The van der Waals surface area contributed by atoms with Crippen molar-refractivity contribution in [3.05, 3.63) is 33.9 Å². The van der Waals surface area contributed by atoms with E-state index >= 15 is 0 Å². The van der Waals surface area contributed by atoms with Crippen LogP contribution < -0.4 is 10.1 Å². The van der Waals surface area contributed by atoms with Gasteiger partial charge in [0.1, 0.15) is 0 Å². The van der Waals surface area contributed by atoms with Crippen molar-refractivity contribution in [3.8, 4) is 5.75 Å². The van der Waals surface area contributed by atoms with Crippen LogP contribution in [0.3, 0.4) is 0 Å². The molecule has 9 heteroatoms.